The van der Waals surface area contributed by atoms with Crippen LogP contribution in [0.25, 0.3) is 22.0 Å². The van der Waals surface area contributed by atoms with Gasteiger partial charge in [-0.25, -0.2) is 0 Å². The number of aromatic nitrogens is 1. The first-order valence-corrected chi connectivity index (χ1v) is 13.3. The molecule has 35 heavy (non-hydrogen) atoms. The van der Waals surface area contributed by atoms with Crippen molar-refractivity contribution in [3.05, 3.63) is 54.2 Å². The van der Waals surface area contributed by atoms with E-state index >= 15 is 0 Å². The first-order chi connectivity index (χ1) is 17.0. The number of anilines is 1. The summed E-state index contributed by atoms with van der Waals surface area (Å²) >= 11 is 0. The highest BCUT2D eigenvalue weighted by Gasteiger charge is 2.28. The molecule has 0 spiro atoms. The van der Waals surface area contributed by atoms with Crippen LogP contribution in [0.5, 0.6) is 0 Å². The molecule has 4 unspecified atom stereocenters. The van der Waals surface area contributed by atoms with Crippen LogP contribution in [0.4, 0.5) is 5.69 Å². The van der Waals surface area contributed by atoms with E-state index in [1.54, 1.807) is 0 Å². The Balaban J connectivity index is 1.31. The van der Waals surface area contributed by atoms with E-state index in [0.29, 0.717) is 17.4 Å². The zero-order chi connectivity index (χ0) is 24.4. The zero-order valence-corrected chi connectivity index (χ0v) is 20.9. The summed E-state index contributed by atoms with van der Waals surface area (Å²) in [5.41, 5.74) is 4.64. The van der Waals surface area contributed by atoms with E-state index in [-0.39, 0.29) is 23.8 Å². The molecule has 1 aromatic heterocycles. The van der Waals surface area contributed by atoms with Gasteiger partial charge < -0.3 is 15.6 Å². The van der Waals surface area contributed by atoms with Crippen LogP contribution >= 0.6 is 0 Å². The number of hydrogen-bond acceptors (Lipinski definition) is 2. The Hall–Kier alpha value is -3.08. The Morgan fingerprint density at radius 3 is 2.31 bits per heavy atom. The fraction of sp³-hybridized carbons (Fsp3) is 0.467. The lowest BCUT2D eigenvalue weighted by atomic mass is 9.80. The standard InChI is InChI=1S/C30H37N3O2/c1-19-7-3-5-9-24(19)30(35)32-23-14-11-21(12-15-23)26-18-31-28-16-13-22(17-25(26)28)29(34)33-27-10-6-4-8-20(27)2/h11-20,24,27,31H,3-10H2,1-2H3,(H,32,35)(H,33,34). The van der Waals surface area contributed by atoms with Gasteiger partial charge in [-0.3, -0.25) is 9.59 Å². The highest BCUT2D eigenvalue weighted by molar-refractivity contribution is 6.03. The maximum atomic E-state index is 13.0. The largest absolute Gasteiger partial charge is 0.361 e. The number of benzene rings is 2. The molecule has 2 aliphatic rings. The van der Waals surface area contributed by atoms with Gasteiger partial charge in [-0.05, 0) is 73.4 Å². The minimum Gasteiger partial charge on any atom is -0.361 e. The average Bonchev–Trinajstić information content (AvgIpc) is 3.29. The normalized spacial score (nSPS) is 24.7. The van der Waals surface area contributed by atoms with Crippen molar-refractivity contribution in [2.45, 2.75) is 71.3 Å². The Bertz CT molecular complexity index is 1200. The predicted octanol–water partition coefficient (Wildman–Crippen LogP) is 6.91. The summed E-state index contributed by atoms with van der Waals surface area (Å²) in [5, 5.41) is 7.42. The van der Waals surface area contributed by atoms with E-state index in [0.717, 1.165) is 53.4 Å². The molecule has 5 heteroatoms. The molecule has 2 aromatic carbocycles. The van der Waals surface area contributed by atoms with E-state index in [4.69, 9.17) is 0 Å². The Kier molecular flexibility index (Phi) is 6.94. The number of fused-ring (bicyclic) bond motifs is 1. The monoisotopic (exact) mass is 471 g/mol. The van der Waals surface area contributed by atoms with E-state index in [1.165, 1.54) is 25.7 Å². The summed E-state index contributed by atoms with van der Waals surface area (Å²) in [6, 6.07) is 14.2. The molecule has 0 radical (unpaired) electrons. The second-order valence-corrected chi connectivity index (χ2v) is 10.7. The molecule has 2 amide bonds. The van der Waals surface area contributed by atoms with E-state index in [2.05, 4.69) is 29.5 Å². The number of nitrogens with one attached hydrogen (secondary N) is 3. The number of carbonyl (C=O) groups is 2. The van der Waals surface area contributed by atoms with Gasteiger partial charge in [0.05, 0.1) is 0 Å². The molecule has 5 rings (SSSR count). The maximum absolute atomic E-state index is 13.0. The first kappa shape index (κ1) is 23.7. The van der Waals surface area contributed by atoms with Crippen LogP contribution in [0.3, 0.4) is 0 Å². The topological polar surface area (TPSA) is 74.0 Å². The van der Waals surface area contributed by atoms with Crippen molar-refractivity contribution in [1.82, 2.24) is 10.3 Å². The third-order valence-electron chi connectivity index (χ3n) is 8.28. The van der Waals surface area contributed by atoms with Crippen molar-refractivity contribution >= 4 is 28.4 Å². The first-order valence-electron chi connectivity index (χ1n) is 13.3. The lowest BCUT2D eigenvalue weighted by molar-refractivity contribution is -0.122. The molecule has 0 bridgehead atoms. The van der Waals surface area contributed by atoms with Crippen LogP contribution in [-0.2, 0) is 4.79 Å². The molecule has 1 heterocycles. The minimum atomic E-state index is 0.00722. The predicted molar refractivity (Wildman–Crippen MR) is 142 cm³/mol. The summed E-state index contributed by atoms with van der Waals surface area (Å²) < 4.78 is 0. The maximum Gasteiger partial charge on any atom is 0.251 e. The second kappa shape index (κ2) is 10.3. The van der Waals surface area contributed by atoms with Gasteiger partial charge in [0.15, 0.2) is 0 Å². The highest BCUT2D eigenvalue weighted by atomic mass is 16.2. The number of H-pyrrole nitrogens is 1. The van der Waals surface area contributed by atoms with Crippen molar-refractivity contribution in [3.8, 4) is 11.1 Å². The quantitative estimate of drug-likeness (QED) is 0.378. The Morgan fingerprint density at radius 2 is 1.57 bits per heavy atom. The van der Waals surface area contributed by atoms with Crippen LogP contribution in [0.15, 0.2) is 48.7 Å². The van der Waals surface area contributed by atoms with Gasteiger partial charge in [-0.15, -0.1) is 0 Å². The smallest absolute Gasteiger partial charge is 0.251 e. The molecule has 3 aromatic rings. The number of rotatable bonds is 5. The second-order valence-electron chi connectivity index (χ2n) is 10.7. The summed E-state index contributed by atoms with van der Waals surface area (Å²) in [7, 11) is 0. The number of hydrogen-bond donors (Lipinski definition) is 3. The van der Waals surface area contributed by atoms with E-state index < -0.39 is 0 Å². The fourth-order valence-corrected chi connectivity index (χ4v) is 5.96. The minimum absolute atomic E-state index is 0.00722. The molecule has 4 atom stereocenters. The molecule has 3 N–H and O–H groups in total. The summed E-state index contributed by atoms with van der Waals surface area (Å²) in [6.45, 7) is 4.42. The van der Waals surface area contributed by atoms with Crippen LogP contribution < -0.4 is 10.6 Å². The lowest BCUT2D eigenvalue weighted by Crippen LogP contribution is -2.41. The SMILES string of the molecule is CC1CCCCC1NC(=O)c1ccc2[nH]cc(-c3ccc(NC(=O)C4CCCCC4C)cc3)c2c1. The fourth-order valence-electron chi connectivity index (χ4n) is 5.96. The van der Waals surface area contributed by atoms with E-state index in [1.807, 2.05) is 48.7 Å². The zero-order valence-electron chi connectivity index (χ0n) is 20.9. The van der Waals surface area contributed by atoms with Crippen molar-refractivity contribution in [1.29, 1.82) is 0 Å². The lowest BCUT2D eigenvalue weighted by Gasteiger charge is -2.29. The third kappa shape index (κ3) is 5.14. The molecule has 2 aliphatic carbocycles. The number of carbonyl (C=O) groups excluding carboxylic acids is 2. The van der Waals surface area contributed by atoms with Gasteiger partial charge in [-0.2, -0.15) is 0 Å². The van der Waals surface area contributed by atoms with Crippen molar-refractivity contribution < 1.29 is 9.59 Å². The van der Waals surface area contributed by atoms with Crippen molar-refractivity contribution in [3.63, 3.8) is 0 Å². The van der Waals surface area contributed by atoms with Gasteiger partial charge in [0.1, 0.15) is 0 Å². The van der Waals surface area contributed by atoms with Crippen LogP contribution in [-0.4, -0.2) is 22.8 Å². The van der Waals surface area contributed by atoms with Crippen molar-refractivity contribution in [2.24, 2.45) is 17.8 Å². The molecular weight excluding hydrogens is 434 g/mol. The van der Waals surface area contributed by atoms with Gasteiger partial charge in [0.25, 0.3) is 5.91 Å². The van der Waals surface area contributed by atoms with Gasteiger partial charge >= 0.3 is 0 Å². The van der Waals surface area contributed by atoms with Gasteiger partial charge in [0, 0.05) is 45.9 Å². The number of aromatic amines is 1. The Morgan fingerprint density at radius 1 is 0.857 bits per heavy atom. The summed E-state index contributed by atoms with van der Waals surface area (Å²) in [5.74, 6) is 1.23. The molecule has 2 fully saturated rings. The van der Waals surface area contributed by atoms with Gasteiger partial charge in [0.2, 0.25) is 5.91 Å². The molecule has 2 saturated carbocycles. The summed E-state index contributed by atoms with van der Waals surface area (Å²) in [4.78, 5) is 29.1. The van der Waals surface area contributed by atoms with E-state index in [9.17, 15) is 9.59 Å². The Labute approximate surface area is 208 Å². The molecule has 0 saturated heterocycles. The van der Waals surface area contributed by atoms with Gasteiger partial charge in [-0.1, -0.05) is 51.7 Å². The molecular formula is C30H37N3O2. The highest BCUT2D eigenvalue weighted by Crippen LogP contribution is 2.33. The number of amides is 2. The molecule has 0 aliphatic heterocycles. The summed E-state index contributed by atoms with van der Waals surface area (Å²) in [6.07, 6.45) is 11.2. The molecule has 184 valence electrons. The van der Waals surface area contributed by atoms with Crippen LogP contribution in [0.2, 0.25) is 0 Å². The molecule has 5 nitrogen and oxygen atoms in total. The third-order valence-corrected chi connectivity index (χ3v) is 8.28. The van der Waals surface area contributed by atoms with Crippen LogP contribution in [0.1, 0.15) is 75.6 Å². The van der Waals surface area contributed by atoms with Crippen LogP contribution in [0, 0.1) is 17.8 Å². The van der Waals surface area contributed by atoms with Crippen molar-refractivity contribution in [2.75, 3.05) is 5.32 Å². The average molecular weight is 472 g/mol.